The quantitative estimate of drug-likeness (QED) is 0.640. The van der Waals surface area contributed by atoms with Gasteiger partial charge in [-0.1, -0.05) is 0 Å². The van der Waals surface area contributed by atoms with Crippen LogP contribution >= 0.6 is 15.9 Å². The fourth-order valence-corrected chi connectivity index (χ4v) is 2.78. The van der Waals surface area contributed by atoms with E-state index >= 15 is 0 Å². The number of piperidine rings is 1. The predicted molar refractivity (Wildman–Crippen MR) is 82.4 cm³/mol. The predicted octanol–water partition coefficient (Wildman–Crippen LogP) is 1.30. The van der Waals surface area contributed by atoms with Gasteiger partial charge in [0.1, 0.15) is 0 Å². The van der Waals surface area contributed by atoms with E-state index in [0.29, 0.717) is 17.4 Å². The van der Waals surface area contributed by atoms with Crippen molar-refractivity contribution >= 4 is 27.7 Å². The molecule has 1 aliphatic heterocycles. The van der Waals surface area contributed by atoms with Crippen LogP contribution in [-0.2, 0) is 0 Å². The number of hydrogen-bond donors (Lipinski definition) is 2. The summed E-state index contributed by atoms with van der Waals surface area (Å²) < 4.78 is 0.765. The molecule has 0 bridgehead atoms. The second kappa shape index (κ2) is 6.51. The van der Waals surface area contributed by atoms with Crippen LogP contribution in [-0.4, -0.2) is 53.9 Å². The summed E-state index contributed by atoms with van der Waals surface area (Å²) in [7, 11) is 4.10. The molecule has 1 aliphatic rings. The highest BCUT2D eigenvalue weighted by atomic mass is 79.9. The lowest BCUT2D eigenvalue weighted by Crippen LogP contribution is -2.47. The van der Waals surface area contributed by atoms with Crippen LogP contribution in [0.5, 0.6) is 0 Å². The first-order chi connectivity index (χ1) is 9.52. The van der Waals surface area contributed by atoms with E-state index in [-0.39, 0.29) is 5.91 Å². The van der Waals surface area contributed by atoms with Gasteiger partial charge in [0.15, 0.2) is 5.82 Å². The number of halogens is 1. The molecule has 1 unspecified atom stereocenters. The molecular formula is C13H20BrN5O. The maximum Gasteiger partial charge on any atom is 0.257 e. The average molecular weight is 342 g/mol. The van der Waals surface area contributed by atoms with E-state index in [9.17, 15) is 4.79 Å². The highest BCUT2D eigenvalue weighted by Crippen LogP contribution is 2.22. The number of likely N-dealkylation sites (N-methyl/N-ethyl adjacent to an activating group) is 1. The Balaban J connectivity index is 2.20. The standard InChI is InChI=1S/C13H20BrN5O/c1-18(2)10-4-3-5-19(8-10)13(20)11-6-9(14)7-16-12(11)17-15/h6-7,10H,3-5,8,15H2,1-2H3,(H,16,17). The summed E-state index contributed by atoms with van der Waals surface area (Å²) in [5.74, 6) is 5.82. The van der Waals surface area contributed by atoms with Crippen molar-refractivity contribution in [3.63, 3.8) is 0 Å². The fourth-order valence-electron chi connectivity index (χ4n) is 2.45. The molecule has 1 amide bonds. The largest absolute Gasteiger partial charge is 0.337 e. The van der Waals surface area contributed by atoms with E-state index in [4.69, 9.17) is 5.84 Å². The summed E-state index contributed by atoms with van der Waals surface area (Å²) in [4.78, 5) is 20.8. The van der Waals surface area contributed by atoms with Crippen LogP contribution in [0.15, 0.2) is 16.7 Å². The van der Waals surface area contributed by atoms with E-state index in [1.807, 2.05) is 19.0 Å². The number of aromatic nitrogens is 1. The number of amides is 1. The number of pyridine rings is 1. The molecule has 0 aromatic carbocycles. The number of hydrogen-bond acceptors (Lipinski definition) is 5. The first kappa shape index (κ1) is 15.2. The van der Waals surface area contributed by atoms with Gasteiger partial charge in [-0.05, 0) is 48.9 Å². The number of nitrogens with zero attached hydrogens (tertiary/aromatic N) is 3. The van der Waals surface area contributed by atoms with Crippen molar-refractivity contribution in [1.82, 2.24) is 14.8 Å². The summed E-state index contributed by atoms with van der Waals surface area (Å²) in [5.41, 5.74) is 2.99. The molecule has 0 spiro atoms. The number of anilines is 1. The van der Waals surface area contributed by atoms with Gasteiger partial charge in [-0.3, -0.25) is 4.79 Å². The number of hydrazine groups is 1. The molecule has 6 nitrogen and oxygen atoms in total. The molecule has 1 aromatic rings. The molecule has 110 valence electrons. The summed E-state index contributed by atoms with van der Waals surface area (Å²) in [6, 6.07) is 2.16. The Labute approximate surface area is 127 Å². The third kappa shape index (κ3) is 3.28. The van der Waals surface area contributed by atoms with Crippen molar-refractivity contribution in [3.05, 3.63) is 22.3 Å². The van der Waals surface area contributed by atoms with Crippen molar-refractivity contribution in [3.8, 4) is 0 Å². The molecule has 0 aliphatic carbocycles. The molecule has 7 heteroatoms. The van der Waals surface area contributed by atoms with Gasteiger partial charge >= 0.3 is 0 Å². The van der Waals surface area contributed by atoms with Gasteiger partial charge in [0.25, 0.3) is 5.91 Å². The molecule has 0 radical (unpaired) electrons. The Morgan fingerprint density at radius 2 is 2.35 bits per heavy atom. The number of carbonyl (C=O) groups is 1. The van der Waals surface area contributed by atoms with Crippen molar-refractivity contribution in [2.75, 3.05) is 32.6 Å². The number of carbonyl (C=O) groups excluding carboxylic acids is 1. The minimum atomic E-state index is -0.0294. The zero-order valence-corrected chi connectivity index (χ0v) is 13.4. The highest BCUT2D eigenvalue weighted by Gasteiger charge is 2.27. The normalized spacial score (nSPS) is 19.2. The molecule has 1 aromatic heterocycles. The minimum Gasteiger partial charge on any atom is -0.337 e. The molecule has 3 N–H and O–H groups in total. The Hall–Kier alpha value is -1.18. The van der Waals surface area contributed by atoms with Crippen LogP contribution in [0.2, 0.25) is 0 Å². The third-order valence-electron chi connectivity index (χ3n) is 3.64. The topological polar surface area (TPSA) is 74.5 Å². The third-order valence-corrected chi connectivity index (χ3v) is 4.07. The molecule has 20 heavy (non-hydrogen) atoms. The van der Waals surface area contributed by atoms with Crippen LogP contribution in [0.3, 0.4) is 0 Å². The van der Waals surface area contributed by atoms with Gasteiger partial charge in [0.2, 0.25) is 0 Å². The van der Waals surface area contributed by atoms with Crippen molar-refractivity contribution in [2.24, 2.45) is 5.84 Å². The van der Waals surface area contributed by atoms with Gasteiger partial charge in [-0.25, -0.2) is 10.8 Å². The lowest BCUT2D eigenvalue weighted by Gasteiger charge is -2.36. The van der Waals surface area contributed by atoms with Gasteiger partial charge in [-0.15, -0.1) is 0 Å². The number of nitrogens with two attached hydrogens (primary N) is 1. The number of nitrogens with one attached hydrogen (secondary N) is 1. The first-order valence-electron chi connectivity index (χ1n) is 6.60. The lowest BCUT2D eigenvalue weighted by molar-refractivity contribution is 0.0635. The smallest absolute Gasteiger partial charge is 0.257 e. The van der Waals surface area contributed by atoms with E-state index in [1.54, 1.807) is 12.3 Å². The Bertz CT molecular complexity index is 494. The second-order valence-electron chi connectivity index (χ2n) is 5.20. The van der Waals surface area contributed by atoms with E-state index in [1.165, 1.54) is 0 Å². The second-order valence-corrected chi connectivity index (χ2v) is 6.12. The van der Waals surface area contributed by atoms with Crippen LogP contribution in [0.4, 0.5) is 5.82 Å². The molecule has 1 fully saturated rings. The first-order valence-corrected chi connectivity index (χ1v) is 7.40. The monoisotopic (exact) mass is 341 g/mol. The highest BCUT2D eigenvalue weighted by molar-refractivity contribution is 9.10. The molecule has 1 atom stereocenters. The van der Waals surface area contributed by atoms with Gasteiger partial charge in [0, 0.05) is 29.8 Å². The zero-order chi connectivity index (χ0) is 14.7. The average Bonchev–Trinajstić information content (AvgIpc) is 2.46. The number of nitrogen functional groups attached to an aromatic ring is 1. The van der Waals surface area contributed by atoms with Crippen molar-refractivity contribution < 1.29 is 4.79 Å². The fraction of sp³-hybridized carbons (Fsp3) is 0.538. The van der Waals surface area contributed by atoms with Crippen LogP contribution < -0.4 is 11.3 Å². The van der Waals surface area contributed by atoms with E-state index in [2.05, 4.69) is 31.2 Å². The SMILES string of the molecule is CN(C)C1CCCN(C(=O)c2cc(Br)cnc2NN)C1. The summed E-state index contributed by atoms with van der Waals surface area (Å²) in [5, 5.41) is 0. The van der Waals surface area contributed by atoms with Gasteiger partial charge in [0.05, 0.1) is 5.56 Å². The van der Waals surface area contributed by atoms with Crippen LogP contribution in [0, 0.1) is 0 Å². The van der Waals surface area contributed by atoms with Crippen molar-refractivity contribution in [1.29, 1.82) is 0 Å². The number of likely N-dealkylation sites (tertiary alicyclic amines) is 1. The zero-order valence-electron chi connectivity index (χ0n) is 11.8. The summed E-state index contributed by atoms with van der Waals surface area (Å²) in [6.07, 6.45) is 3.75. The molecule has 2 rings (SSSR count). The Morgan fingerprint density at radius 1 is 1.60 bits per heavy atom. The lowest BCUT2D eigenvalue weighted by atomic mass is 10.0. The maximum atomic E-state index is 12.7. The molecule has 2 heterocycles. The van der Waals surface area contributed by atoms with Crippen LogP contribution in [0.25, 0.3) is 0 Å². The van der Waals surface area contributed by atoms with Gasteiger partial charge in [-0.2, -0.15) is 0 Å². The van der Waals surface area contributed by atoms with Crippen molar-refractivity contribution in [2.45, 2.75) is 18.9 Å². The Kier molecular flexibility index (Phi) is 4.95. The number of rotatable bonds is 3. The van der Waals surface area contributed by atoms with E-state index in [0.717, 1.165) is 30.4 Å². The van der Waals surface area contributed by atoms with Crippen LogP contribution in [0.1, 0.15) is 23.2 Å². The molecule has 1 saturated heterocycles. The molecular weight excluding hydrogens is 322 g/mol. The Morgan fingerprint density at radius 3 is 3.00 bits per heavy atom. The molecule has 0 saturated carbocycles. The maximum absolute atomic E-state index is 12.7. The van der Waals surface area contributed by atoms with E-state index < -0.39 is 0 Å². The van der Waals surface area contributed by atoms with Gasteiger partial charge < -0.3 is 15.2 Å². The summed E-state index contributed by atoms with van der Waals surface area (Å²) >= 11 is 3.34. The minimum absolute atomic E-state index is 0.0294. The summed E-state index contributed by atoms with van der Waals surface area (Å²) in [6.45, 7) is 1.52.